The number of rotatable bonds is 2. The predicted octanol–water partition coefficient (Wildman–Crippen LogP) is 4.08. The minimum atomic E-state index is 0.616. The minimum Gasteiger partial charge on any atom is -0.486 e. The van der Waals surface area contributed by atoms with E-state index in [1.54, 1.807) is 0 Å². The molecule has 2 aromatic rings. The predicted molar refractivity (Wildman–Crippen MR) is 77.7 cm³/mol. The van der Waals surface area contributed by atoms with Crippen LogP contribution in [0.3, 0.4) is 0 Å². The van der Waals surface area contributed by atoms with Gasteiger partial charge in [0.1, 0.15) is 13.2 Å². The standard InChI is InChI=1S/C17H16O2/c1-3-13-4-5-14(10-12(13)2)15-6-7-16-17(11-15)19-9-8-18-16/h3-7,10-11H,1,8-9H2,2H3. The third-order valence-electron chi connectivity index (χ3n) is 3.37. The van der Waals surface area contributed by atoms with Gasteiger partial charge in [-0.25, -0.2) is 0 Å². The summed E-state index contributed by atoms with van der Waals surface area (Å²) in [5.74, 6) is 1.66. The van der Waals surface area contributed by atoms with Crippen LogP contribution in [-0.4, -0.2) is 13.2 Å². The first kappa shape index (κ1) is 11.8. The monoisotopic (exact) mass is 252 g/mol. The molecule has 1 heterocycles. The molecule has 0 saturated heterocycles. The maximum absolute atomic E-state index is 5.62. The van der Waals surface area contributed by atoms with Crippen LogP contribution in [0.1, 0.15) is 11.1 Å². The molecule has 96 valence electrons. The Bertz CT molecular complexity index is 629. The molecule has 2 aromatic carbocycles. The van der Waals surface area contributed by atoms with E-state index >= 15 is 0 Å². The van der Waals surface area contributed by atoms with E-state index in [2.05, 4.69) is 37.8 Å². The second kappa shape index (κ2) is 4.81. The maximum Gasteiger partial charge on any atom is 0.161 e. The van der Waals surface area contributed by atoms with E-state index < -0.39 is 0 Å². The fourth-order valence-electron chi connectivity index (χ4n) is 2.31. The van der Waals surface area contributed by atoms with Crippen molar-refractivity contribution in [1.82, 2.24) is 0 Å². The average Bonchev–Trinajstić information content (AvgIpc) is 2.46. The average molecular weight is 252 g/mol. The largest absolute Gasteiger partial charge is 0.486 e. The van der Waals surface area contributed by atoms with Crippen molar-refractivity contribution in [2.24, 2.45) is 0 Å². The van der Waals surface area contributed by atoms with Crippen molar-refractivity contribution in [3.63, 3.8) is 0 Å². The molecular weight excluding hydrogens is 236 g/mol. The molecule has 0 N–H and O–H groups in total. The fraction of sp³-hybridized carbons (Fsp3) is 0.176. The van der Waals surface area contributed by atoms with E-state index in [4.69, 9.17) is 9.47 Å². The van der Waals surface area contributed by atoms with Crippen LogP contribution in [0, 0.1) is 6.92 Å². The van der Waals surface area contributed by atoms with Crippen LogP contribution < -0.4 is 9.47 Å². The second-order valence-corrected chi connectivity index (χ2v) is 4.63. The first-order valence-electron chi connectivity index (χ1n) is 6.41. The molecule has 0 fully saturated rings. The maximum atomic E-state index is 5.62. The van der Waals surface area contributed by atoms with Crippen molar-refractivity contribution in [1.29, 1.82) is 0 Å². The van der Waals surface area contributed by atoms with E-state index in [-0.39, 0.29) is 0 Å². The van der Waals surface area contributed by atoms with Crippen LogP contribution in [0.4, 0.5) is 0 Å². The zero-order valence-corrected chi connectivity index (χ0v) is 11.0. The zero-order chi connectivity index (χ0) is 13.2. The Morgan fingerprint density at radius 2 is 1.63 bits per heavy atom. The molecule has 0 unspecified atom stereocenters. The van der Waals surface area contributed by atoms with Crippen molar-refractivity contribution in [2.45, 2.75) is 6.92 Å². The van der Waals surface area contributed by atoms with Crippen LogP contribution in [0.15, 0.2) is 43.0 Å². The summed E-state index contributed by atoms with van der Waals surface area (Å²) in [6.45, 7) is 7.15. The van der Waals surface area contributed by atoms with Gasteiger partial charge in [-0.2, -0.15) is 0 Å². The number of hydrogen-bond acceptors (Lipinski definition) is 2. The Morgan fingerprint density at radius 1 is 0.947 bits per heavy atom. The lowest BCUT2D eigenvalue weighted by molar-refractivity contribution is 0.171. The molecule has 0 aliphatic carbocycles. The lowest BCUT2D eigenvalue weighted by Crippen LogP contribution is -2.15. The summed E-state index contributed by atoms with van der Waals surface area (Å²) in [4.78, 5) is 0. The van der Waals surface area contributed by atoms with E-state index in [9.17, 15) is 0 Å². The summed E-state index contributed by atoms with van der Waals surface area (Å²) in [6.07, 6.45) is 1.88. The van der Waals surface area contributed by atoms with Crippen molar-refractivity contribution in [3.05, 3.63) is 54.1 Å². The lowest BCUT2D eigenvalue weighted by Gasteiger charge is -2.19. The molecule has 1 aliphatic rings. The molecule has 0 amide bonds. The molecule has 1 aliphatic heterocycles. The third kappa shape index (κ3) is 2.22. The third-order valence-corrected chi connectivity index (χ3v) is 3.37. The number of hydrogen-bond donors (Lipinski definition) is 0. The highest BCUT2D eigenvalue weighted by Gasteiger charge is 2.12. The summed E-state index contributed by atoms with van der Waals surface area (Å²) in [5, 5.41) is 0. The molecule has 2 heteroatoms. The summed E-state index contributed by atoms with van der Waals surface area (Å²) in [7, 11) is 0. The van der Waals surface area contributed by atoms with Gasteiger partial charge in [0.2, 0.25) is 0 Å². The van der Waals surface area contributed by atoms with Gasteiger partial charge in [0.05, 0.1) is 0 Å². The highest BCUT2D eigenvalue weighted by molar-refractivity contribution is 5.70. The molecule has 0 bridgehead atoms. The molecule has 0 spiro atoms. The van der Waals surface area contributed by atoms with E-state index in [1.807, 2.05) is 18.2 Å². The van der Waals surface area contributed by atoms with E-state index in [1.165, 1.54) is 16.7 Å². The Kier molecular flexibility index (Phi) is 3.00. The Hall–Kier alpha value is -2.22. The Balaban J connectivity index is 2.02. The molecule has 3 rings (SSSR count). The molecule has 0 aromatic heterocycles. The smallest absolute Gasteiger partial charge is 0.161 e. The number of aryl methyl sites for hydroxylation is 1. The van der Waals surface area contributed by atoms with Crippen molar-refractivity contribution < 1.29 is 9.47 Å². The van der Waals surface area contributed by atoms with Crippen LogP contribution >= 0.6 is 0 Å². The normalized spacial score (nSPS) is 13.1. The van der Waals surface area contributed by atoms with Crippen LogP contribution in [0.2, 0.25) is 0 Å². The highest BCUT2D eigenvalue weighted by Crippen LogP contribution is 2.34. The fourth-order valence-corrected chi connectivity index (χ4v) is 2.31. The second-order valence-electron chi connectivity index (χ2n) is 4.63. The molecule has 19 heavy (non-hydrogen) atoms. The quantitative estimate of drug-likeness (QED) is 0.802. The van der Waals surface area contributed by atoms with Crippen molar-refractivity contribution in [2.75, 3.05) is 13.2 Å². The summed E-state index contributed by atoms with van der Waals surface area (Å²) in [6, 6.07) is 12.4. The van der Waals surface area contributed by atoms with Crippen LogP contribution in [0.5, 0.6) is 11.5 Å². The van der Waals surface area contributed by atoms with E-state index in [0.29, 0.717) is 13.2 Å². The first-order valence-corrected chi connectivity index (χ1v) is 6.41. The molecule has 0 atom stereocenters. The van der Waals surface area contributed by atoms with Crippen molar-refractivity contribution >= 4 is 6.08 Å². The topological polar surface area (TPSA) is 18.5 Å². The summed E-state index contributed by atoms with van der Waals surface area (Å²) >= 11 is 0. The van der Waals surface area contributed by atoms with Gasteiger partial charge in [0.15, 0.2) is 11.5 Å². The summed E-state index contributed by atoms with van der Waals surface area (Å²) < 4.78 is 11.2. The van der Waals surface area contributed by atoms with Gasteiger partial charge in [-0.1, -0.05) is 36.9 Å². The number of fused-ring (bicyclic) bond motifs is 1. The molecule has 2 nitrogen and oxygen atoms in total. The lowest BCUT2D eigenvalue weighted by atomic mass is 9.99. The molecule has 0 saturated carbocycles. The Labute approximate surface area is 113 Å². The van der Waals surface area contributed by atoms with Gasteiger partial charge in [0, 0.05) is 0 Å². The van der Waals surface area contributed by atoms with E-state index in [0.717, 1.165) is 17.1 Å². The van der Waals surface area contributed by atoms with Gasteiger partial charge in [-0.05, 0) is 41.3 Å². The first-order chi connectivity index (χ1) is 9.28. The highest BCUT2D eigenvalue weighted by atomic mass is 16.6. The summed E-state index contributed by atoms with van der Waals surface area (Å²) in [5.41, 5.74) is 4.71. The Morgan fingerprint density at radius 3 is 2.37 bits per heavy atom. The van der Waals surface area contributed by atoms with Gasteiger partial charge in [0.25, 0.3) is 0 Å². The van der Waals surface area contributed by atoms with Gasteiger partial charge >= 0.3 is 0 Å². The molecular formula is C17H16O2. The van der Waals surface area contributed by atoms with Crippen LogP contribution in [-0.2, 0) is 0 Å². The SMILES string of the molecule is C=Cc1ccc(-c2ccc3c(c2)OCCO3)cc1C. The van der Waals surface area contributed by atoms with Gasteiger partial charge < -0.3 is 9.47 Å². The number of ether oxygens (including phenoxy) is 2. The molecule has 0 radical (unpaired) electrons. The minimum absolute atomic E-state index is 0.616. The zero-order valence-electron chi connectivity index (χ0n) is 11.0. The van der Waals surface area contributed by atoms with Gasteiger partial charge in [-0.15, -0.1) is 0 Å². The van der Waals surface area contributed by atoms with Gasteiger partial charge in [-0.3, -0.25) is 0 Å². The van der Waals surface area contributed by atoms with Crippen molar-refractivity contribution in [3.8, 4) is 22.6 Å². The number of benzene rings is 2. The van der Waals surface area contributed by atoms with Crippen LogP contribution in [0.25, 0.3) is 17.2 Å².